The fourth-order valence-corrected chi connectivity index (χ4v) is 7.84. The van der Waals surface area contributed by atoms with Crippen molar-refractivity contribution < 1.29 is 68.4 Å². The Morgan fingerprint density at radius 3 is 1.61 bits per heavy atom. The molecule has 74 heavy (non-hydrogen) atoms. The fraction of sp³-hybridized carbons (Fsp3) is 0.529. The first kappa shape index (κ1) is 60.7. The number of aromatic nitrogens is 1. The quantitative estimate of drug-likeness (QED) is 0.0433. The molecule has 0 bridgehead atoms. The van der Waals surface area contributed by atoms with Crippen molar-refractivity contribution in [2.45, 2.75) is 155 Å². The van der Waals surface area contributed by atoms with E-state index in [1.165, 1.54) is 31.2 Å². The number of H-pyrrole nitrogens is 1. The lowest BCUT2D eigenvalue weighted by molar-refractivity contribution is -0.142. The Labute approximate surface area is 429 Å². The molecule has 0 fully saturated rings. The highest BCUT2D eigenvalue weighted by Gasteiger charge is 2.36. The highest BCUT2D eigenvalue weighted by molar-refractivity contribution is 5.98. The predicted octanol–water partition coefficient (Wildman–Crippen LogP) is 1.35. The van der Waals surface area contributed by atoms with E-state index in [1.54, 1.807) is 53.8 Å². The zero-order valence-corrected chi connectivity index (χ0v) is 42.9. The van der Waals surface area contributed by atoms with Gasteiger partial charge in [-0.15, -0.1) is 0 Å². The Bertz CT molecular complexity index is 2440. The third kappa shape index (κ3) is 19.1. The van der Waals surface area contributed by atoms with Crippen LogP contribution in [0, 0.1) is 17.8 Å². The standard InChI is InChI=1S/C51H73N9O14/c1-8-27(5)42(50(72)58-39(51(73)74)24-31-25-53-35-13-11-10-12-33(31)35)59-44(66)29(7)54-46(68)36(19-21-41(64)65)55-47(69)37(22-26(3)4)56-48(70)38(23-30-14-16-32(61)17-15-30)57-49(71)43(28(6)9-2)60-45(67)34(52)18-20-40(62)63/h10-17,25-29,34,36-39,42-43,53,61H,8-9,18-24,52H2,1-7H3,(H,54,68)(H,55,69)(H,56,70)(H,57,71)(H,58,72)(H,59,66)(H,60,67)(H,62,63)(H,64,65)(H,73,74)/t27-,28-,29-,34-,36-,37-,38-,39-,42-,43-/m0/s1. The van der Waals surface area contributed by atoms with Crippen LogP contribution in [0.2, 0.25) is 0 Å². The first-order valence-electron chi connectivity index (χ1n) is 24.7. The number of nitrogens with two attached hydrogens (primary N) is 1. The molecule has 3 rings (SSSR count). The van der Waals surface area contributed by atoms with Crippen molar-refractivity contribution in [3.63, 3.8) is 0 Å². The summed E-state index contributed by atoms with van der Waals surface area (Å²) in [5.74, 6) is -11.2. The second-order valence-corrected chi connectivity index (χ2v) is 19.1. The van der Waals surface area contributed by atoms with E-state index in [9.17, 15) is 63.3 Å². The van der Waals surface area contributed by atoms with Crippen molar-refractivity contribution >= 4 is 70.2 Å². The van der Waals surface area contributed by atoms with E-state index < -0.39 is 139 Å². The van der Waals surface area contributed by atoms with Gasteiger partial charge in [-0.1, -0.05) is 84.7 Å². The Morgan fingerprint density at radius 1 is 0.554 bits per heavy atom. The summed E-state index contributed by atoms with van der Waals surface area (Å²) in [6.45, 7) is 11.7. The summed E-state index contributed by atoms with van der Waals surface area (Å²) in [7, 11) is 0. The van der Waals surface area contributed by atoms with Gasteiger partial charge in [0.15, 0.2) is 0 Å². The molecule has 0 aliphatic heterocycles. The summed E-state index contributed by atoms with van der Waals surface area (Å²) >= 11 is 0. The fourth-order valence-electron chi connectivity index (χ4n) is 7.84. The van der Waals surface area contributed by atoms with Gasteiger partial charge in [0.1, 0.15) is 48.0 Å². The second-order valence-electron chi connectivity index (χ2n) is 19.1. The molecule has 23 nitrogen and oxygen atoms in total. The lowest BCUT2D eigenvalue weighted by atomic mass is 9.96. The van der Waals surface area contributed by atoms with Crippen molar-refractivity contribution in [2.24, 2.45) is 23.5 Å². The van der Waals surface area contributed by atoms with E-state index in [0.29, 0.717) is 24.0 Å². The van der Waals surface area contributed by atoms with Crippen molar-refractivity contribution in [3.8, 4) is 5.75 Å². The molecule has 0 unspecified atom stereocenters. The summed E-state index contributed by atoms with van der Waals surface area (Å²) in [6, 6.07) is 2.08. The normalized spacial score (nSPS) is 15.3. The number of nitrogens with one attached hydrogen (secondary N) is 8. The third-order valence-corrected chi connectivity index (χ3v) is 12.7. The van der Waals surface area contributed by atoms with Gasteiger partial charge in [-0.05, 0) is 73.3 Å². The second kappa shape index (κ2) is 29.2. The van der Waals surface area contributed by atoms with Crippen LogP contribution < -0.4 is 43.0 Å². The molecule has 23 heteroatoms. The Hall–Kier alpha value is -7.56. The SMILES string of the molecule is CC[C@H](C)[C@H](NC(=O)[C@H](C)NC(=O)[C@H](CCC(=O)O)NC(=O)[C@H](CC(C)C)NC(=O)[C@H](Cc1ccc(O)cc1)NC(=O)[C@@H](NC(=O)[C@@H](N)CCC(=O)O)[C@@H](C)CC)C(=O)N[C@@H](Cc1c[nH]c2ccccc12)C(=O)O. The van der Waals surface area contributed by atoms with Crippen molar-refractivity contribution in [2.75, 3.05) is 0 Å². The first-order valence-corrected chi connectivity index (χ1v) is 24.7. The molecule has 1 aromatic heterocycles. The number of rotatable bonds is 31. The van der Waals surface area contributed by atoms with Crippen LogP contribution in [0.1, 0.15) is 105 Å². The molecule has 0 radical (unpaired) electrons. The number of fused-ring (bicyclic) bond motifs is 1. The average Bonchev–Trinajstić information content (AvgIpc) is 3.76. The van der Waals surface area contributed by atoms with Gasteiger partial charge in [-0.25, -0.2) is 4.79 Å². The van der Waals surface area contributed by atoms with E-state index in [4.69, 9.17) is 10.8 Å². The van der Waals surface area contributed by atoms with Crippen molar-refractivity contribution in [3.05, 3.63) is 65.9 Å². The highest BCUT2D eigenvalue weighted by atomic mass is 16.4. The van der Waals surface area contributed by atoms with Gasteiger partial charge in [-0.2, -0.15) is 0 Å². The van der Waals surface area contributed by atoms with Gasteiger partial charge in [0, 0.05) is 42.8 Å². The highest BCUT2D eigenvalue weighted by Crippen LogP contribution is 2.20. The van der Waals surface area contributed by atoms with Gasteiger partial charge in [0.05, 0.1) is 6.04 Å². The molecule has 2 aromatic carbocycles. The van der Waals surface area contributed by atoms with Gasteiger partial charge in [0.2, 0.25) is 41.4 Å². The van der Waals surface area contributed by atoms with Crippen LogP contribution in [0.15, 0.2) is 54.7 Å². The van der Waals surface area contributed by atoms with E-state index >= 15 is 0 Å². The lowest BCUT2D eigenvalue weighted by Gasteiger charge is -2.29. The number of benzene rings is 2. The van der Waals surface area contributed by atoms with Crippen LogP contribution in [0.25, 0.3) is 10.9 Å². The number of carboxylic acid groups (broad SMARTS) is 3. The minimum absolute atomic E-state index is 0.0209. The lowest BCUT2D eigenvalue weighted by Crippen LogP contribution is -2.61. The van der Waals surface area contributed by atoms with Crippen molar-refractivity contribution in [1.82, 2.24) is 42.2 Å². The molecule has 0 saturated carbocycles. The van der Waals surface area contributed by atoms with Gasteiger partial charge in [-0.3, -0.25) is 43.2 Å². The number of hydrogen-bond donors (Lipinski definition) is 13. The molecular weight excluding hydrogens is 963 g/mol. The predicted molar refractivity (Wildman–Crippen MR) is 271 cm³/mol. The van der Waals surface area contributed by atoms with Crippen LogP contribution in [-0.2, 0) is 60.8 Å². The number of carbonyl (C=O) groups excluding carboxylic acids is 7. The summed E-state index contributed by atoms with van der Waals surface area (Å²) in [4.78, 5) is 135. The first-order chi connectivity index (χ1) is 34.8. The van der Waals surface area contributed by atoms with Gasteiger partial charge < -0.3 is 68.4 Å². The molecule has 14 N–H and O–H groups in total. The number of hydrogen-bond acceptors (Lipinski definition) is 12. The number of amides is 7. The maximum absolute atomic E-state index is 14.3. The Kier molecular flexibility index (Phi) is 24.0. The monoisotopic (exact) mass is 1040 g/mol. The number of carboxylic acids is 3. The van der Waals surface area contributed by atoms with E-state index in [1.807, 2.05) is 18.2 Å². The maximum Gasteiger partial charge on any atom is 0.326 e. The average molecular weight is 1040 g/mol. The van der Waals surface area contributed by atoms with Crippen LogP contribution in [-0.4, -0.2) is 133 Å². The number of phenols is 1. The zero-order valence-electron chi connectivity index (χ0n) is 42.9. The zero-order chi connectivity index (χ0) is 55.4. The van der Waals surface area contributed by atoms with Crippen LogP contribution in [0.3, 0.4) is 0 Å². The Morgan fingerprint density at radius 2 is 1.05 bits per heavy atom. The summed E-state index contributed by atoms with van der Waals surface area (Å²) < 4.78 is 0. The molecule has 0 spiro atoms. The van der Waals surface area contributed by atoms with Crippen LogP contribution in [0.4, 0.5) is 0 Å². The van der Waals surface area contributed by atoms with E-state index in [2.05, 4.69) is 42.2 Å². The molecular formula is C51H73N9O14. The number of phenolic OH excluding ortho intramolecular Hbond substituents is 1. The molecule has 0 saturated heterocycles. The number of carbonyl (C=O) groups is 10. The molecule has 0 aliphatic rings. The van der Waals surface area contributed by atoms with E-state index in [-0.39, 0.29) is 37.4 Å². The van der Waals surface area contributed by atoms with Crippen molar-refractivity contribution in [1.29, 1.82) is 0 Å². The largest absolute Gasteiger partial charge is 0.508 e. The molecule has 3 aromatic rings. The summed E-state index contributed by atoms with van der Waals surface area (Å²) in [5, 5.41) is 57.4. The summed E-state index contributed by atoms with van der Waals surface area (Å²) in [5.41, 5.74) is 7.81. The number of aliphatic carboxylic acids is 3. The molecule has 7 amide bonds. The van der Waals surface area contributed by atoms with Gasteiger partial charge in [0.25, 0.3) is 0 Å². The van der Waals surface area contributed by atoms with Gasteiger partial charge >= 0.3 is 17.9 Å². The summed E-state index contributed by atoms with van der Waals surface area (Å²) in [6.07, 6.45) is 0.460. The number of para-hydroxylation sites is 1. The smallest absolute Gasteiger partial charge is 0.326 e. The minimum atomic E-state index is -1.58. The topological polar surface area (TPSA) is 378 Å². The number of aromatic hydroxyl groups is 1. The van der Waals surface area contributed by atoms with Crippen LogP contribution in [0.5, 0.6) is 5.75 Å². The molecule has 1 heterocycles. The number of aromatic amines is 1. The molecule has 0 aliphatic carbocycles. The Balaban J connectivity index is 1.83. The molecule has 406 valence electrons. The van der Waals surface area contributed by atoms with E-state index in [0.717, 1.165) is 10.9 Å². The minimum Gasteiger partial charge on any atom is -0.508 e. The van der Waals surface area contributed by atoms with Crippen LogP contribution >= 0.6 is 0 Å². The third-order valence-electron chi connectivity index (χ3n) is 12.7. The molecule has 10 atom stereocenters. The maximum atomic E-state index is 14.3.